The monoisotopic (exact) mass is 299 g/mol. The summed E-state index contributed by atoms with van der Waals surface area (Å²) in [6, 6.07) is 9.81. The summed E-state index contributed by atoms with van der Waals surface area (Å²) in [4.78, 5) is 16.3. The standard InChI is InChI=1S/C16H13NO5/c1-19-12-5-10(6-13(7-12)20-2)16(18)22-11-3-4-15-14(8-11)17-9-21-15/h3-9H,1-2H3. The number of hydrogen-bond donors (Lipinski definition) is 0. The zero-order valence-electron chi connectivity index (χ0n) is 12.0. The van der Waals surface area contributed by atoms with Crippen molar-refractivity contribution >= 4 is 17.1 Å². The third kappa shape index (κ3) is 2.71. The highest BCUT2D eigenvalue weighted by molar-refractivity contribution is 5.92. The van der Waals surface area contributed by atoms with Crippen molar-refractivity contribution in [1.82, 2.24) is 4.98 Å². The first-order chi connectivity index (χ1) is 10.7. The maximum absolute atomic E-state index is 12.2. The van der Waals surface area contributed by atoms with Crippen molar-refractivity contribution in [3.8, 4) is 17.2 Å². The second kappa shape index (κ2) is 5.77. The Kier molecular flexibility index (Phi) is 3.65. The van der Waals surface area contributed by atoms with Crippen molar-refractivity contribution in [3.63, 3.8) is 0 Å². The van der Waals surface area contributed by atoms with Gasteiger partial charge in [0.2, 0.25) is 0 Å². The lowest BCUT2D eigenvalue weighted by Crippen LogP contribution is -2.09. The smallest absolute Gasteiger partial charge is 0.343 e. The van der Waals surface area contributed by atoms with E-state index in [9.17, 15) is 4.79 Å². The Labute approximate surface area is 126 Å². The molecule has 1 aromatic heterocycles. The van der Waals surface area contributed by atoms with Crippen LogP contribution in [0.5, 0.6) is 17.2 Å². The van der Waals surface area contributed by atoms with Gasteiger partial charge in [0, 0.05) is 12.1 Å². The quantitative estimate of drug-likeness (QED) is 0.544. The molecule has 3 aromatic rings. The van der Waals surface area contributed by atoms with E-state index in [2.05, 4.69) is 4.98 Å². The van der Waals surface area contributed by atoms with Crippen LogP contribution in [0.25, 0.3) is 11.1 Å². The summed E-state index contributed by atoms with van der Waals surface area (Å²) >= 11 is 0. The van der Waals surface area contributed by atoms with Crippen molar-refractivity contribution in [2.45, 2.75) is 0 Å². The Morgan fingerprint density at radius 3 is 2.41 bits per heavy atom. The maximum Gasteiger partial charge on any atom is 0.343 e. The van der Waals surface area contributed by atoms with Crippen molar-refractivity contribution in [2.24, 2.45) is 0 Å². The molecule has 6 nitrogen and oxygen atoms in total. The van der Waals surface area contributed by atoms with Gasteiger partial charge >= 0.3 is 5.97 Å². The number of methoxy groups -OCH3 is 2. The molecule has 0 N–H and O–H groups in total. The molecular weight excluding hydrogens is 286 g/mol. The molecule has 0 aliphatic rings. The van der Waals surface area contributed by atoms with Gasteiger partial charge in [0.15, 0.2) is 12.0 Å². The van der Waals surface area contributed by atoms with Gasteiger partial charge in [-0.3, -0.25) is 0 Å². The number of aromatic nitrogens is 1. The molecule has 0 spiro atoms. The topological polar surface area (TPSA) is 70.8 Å². The molecule has 0 saturated heterocycles. The first-order valence-electron chi connectivity index (χ1n) is 6.48. The molecule has 0 fully saturated rings. The summed E-state index contributed by atoms with van der Waals surface area (Å²) < 4.78 is 20.8. The Balaban J connectivity index is 1.87. The summed E-state index contributed by atoms with van der Waals surface area (Å²) in [5, 5.41) is 0. The molecule has 0 atom stereocenters. The summed E-state index contributed by atoms with van der Waals surface area (Å²) in [6.45, 7) is 0. The molecule has 0 aliphatic carbocycles. The summed E-state index contributed by atoms with van der Waals surface area (Å²) in [7, 11) is 3.03. The highest BCUT2D eigenvalue weighted by Gasteiger charge is 2.13. The number of ether oxygens (including phenoxy) is 3. The number of carbonyl (C=O) groups is 1. The summed E-state index contributed by atoms with van der Waals surface area (Å²) in [6.07, 6.45) is 1.34. The fraction of sp³-hybridized carbons (Fsp3) is 0.125. The third-order valence-corrected chi connectivity index (χ3v) is 3.10. The van der Waals surface area contributed by atoms with E-state index in [-0.39, 0.29) is 0 Å². The molecule has 0 amide bonds. The van der Waals surface area contributed by atoms with Gasteiger partial charge in [-0.05, 0) is 24.3 Å². The molecule has 3 rings (SSSR count). The molecule has 2 aromatic carbocycles. The molecular formula is C16H13NO5. The van der Waals surface area contributed by atoms with E-state index in [1.54, 1.807) is 36.4 Å². The average Bonchev–Trinajstić information content (AvgIpc) is 3.01. The number of fused-ring (bicyclic) bond motifs is 1. The third-order valence-electron chi connectivity index (χ3n) is 3.10. The van der Waals surface area contributed by atoms with Crippen molar-refractivity contribution < 1.29 is 23.4 Å². The van der Waals surface area contributed by atoms with Crippen LogP contribution in [0.15, 0.2) is 47.2 Å². The molecule has 0 unspecified atom stereocenters. The predicted molar refractivity (Wildman–Crippen MR) is 78.5 cm³/mol. The lowest BCUT2D eigenvalue weighted by Gasteiger charge is -2.08. The van der Waals surface area contributed by atoms with Gasteiger partial charge < -0.3 is 18.6 Å². The van der Waals surface area contributed by atoms with Gasteiger partial charge in [-0.25, -0.2) is 9.78 Å². The number of esters is 1. The number of oxazole rings is 1. The van der Waals surface area contributed by atoms with Crippen LogP contribution in [0.4, 0.5) is 0 Å². The minimum atomic E-state index is -0.514. The number of benzene rings is 2. The molecule has 6 heteroatoms. The van der Waals surface area contributed by atoms with Crippen LogP contribution in [0, 0.1) is 0 Å². The average molecular weight is 299 g/mol. The minimum absolute atomic E-state index is 0.330. The zero-order chi connectivity index (χ0) is 15.5. The van der Waals surface area contributed by atoms with Crippen LogP contribution in [0.3, 0.4) is 0 Å². The largest absolute Gasteiger partial charge is 0.497 e. The highest BCUT2D eigenvalue weighted by atomic mass is 16.5. The van der Waals surface area contributed by atoms with Gasteiger partial charge in [-0.1, -0.05) is 0 Å². The zero-order valence-corrected chi connectivity index (χ0v) is 12.0. The fourth-order valence-electron chi connectivity index (χ4n) is 1.99. The Hall–Kier alpha value is -3.02. The molecule has 0 radical (unpaired) electrons. The molecule has 112 valence electrons. The first-order valence-corrected chi connectivity index (χ1v) is 6.48. The first kappa shape index (κ1) is 13.9. The van der Waals surface area contributed by atoms with E-state index in [1.165, 1.54) is 20.6 Å². The van der Waals surface area contributed by atoms with E-state index in [4.69, 9.17) is 18.6 Å². The highest BCUT2D eigenvalue weighted by Crippen LogP contribution is 2.25. The maximum atomic E-state index is 12.2. The molecule has 0 aliphatic heterocycles. The predicted octanol–water partition coefficient (Wildman–Crippen LogP) is 3.06. The minimum Gasteiger partial charge on any atom is -0.497 e. The van der Waals surface area contributed by atoms with Crippen LogP contribution >= 0.6 is 0 Å². The molecule has 0 bridgehead atoms. The number of rotatable bonds is 4. The Bertz CT molecular complexity index is 802. The van der Waals surface area contributed by atoms with Crippen LogP contribution in [0.2, 0.25) is 0 Å². The van der Waals surface area contributed by atoms with Gasteiger partial charge in [0.25, 0.3) is 0 Å². The van der Waals surface area contributed by atoms with E-state index >= 15 is 0 Å². The Morgan fingerprint density at radius 1 is 1.00 bits per heavy atom. The Morgan fingerprint density at radius 2 is 1.73 bits per heavy atom. The van der Waals surface area contributed by atoms with Gasteiger partial charge in [0.05, 0.1) is 19.8 Å². The molecule has 0 saturated carbocycles. The van der Waals surface area contributed by atoms with Crippen molar-refractivity contribution in [3.05, 3.63) is 48.4 Å². The SMILES string of the molecule is COc1cc(OC)cc(C(=O)Oc2ccc3ocnc3c2)c1. The van der Waals surface area contributed by atoms with Crippen LogP contribution in [-0.4, -0.2) is 25.2 Å². The van der Waals surface area contributed by atoms with Gasteiger partial charge in [-0.15, -0.1) is 0 Å². The van der Waals surface area contributed by atoms with E-state index < -0.39 is 5.97 Å². The summed E-state index contributed by atoms with van der Waals surface area (Å²) in [5.74, 6) is 0.893. The lowest BCUT2D eigenvalue weighted by molar-refractivity contribution is 0.0734. The van der Waals surface area contributed by atoms with E-state index in [0.29, 0.717) is 33.9 Å². The van der Waals surface area contributed by atoms with Crippen molar-refractivity contribution in [1.29, 1.82) is 0 Å². The fourth-order valence-corrected chi connectivity index (χ4v) is 1.99. The lowest BCUT2D eigenvalue weighted by atomic mass is 10.2. The van der Waals surface area contributed by atoms with Gasteiger partial charge in [0.1, 0.15) is 22.8 Å². The summed E-state index contributed by atoms with van der Waals surface area (Å²) in [5.41, 5.74) is 1.58. The van der Waals surface area contributed by atoms with E-state index in [1.807, 2.05) is 0 Å². The molecule has 1 heterocycles. The van der Waals surface area contributed by atoms with Crippen LogP contribution in [-0.2, 0) is 0 Å². The second-order valence-electron chi connectivity index (χ2n) is 4.47. The number of hydrogen-bond acceptors (Lipinski definition) is 6. The number of carbonyl (C=O) groups excluding carboxylic acids is 1. The number of nitrogens with zero attached hydrogens (tertiary/aromatic N) is 1. The van der Waals surface area contributed by atoms with Crippen LogP contribution < -0.4 is 14.2 Å². The molecule has 22 heavy (non-hydrogen) atoms. The van der Waals surface area contributed by atoms with Gasteiger partial charge in [-0.2, -0.15) is 0 Å². The van der Waals surface area contributed by atoms with Crippen molar-refractivity contribution in [2.75, 3.05) is 14.2 Å². The van der Waals surface area contributed by atoms with Crippen LogP contribution in [0.1, 0.15) is 10.4 Å². The van der Waals surface area contributed by atoms with E-state index in [0.717, 1.165) is 0 Å². The normalized spacial score (nSPS) is 10.5. The second-order valence-corrected chi connectivity index (χ2v) is 4.47.